The Kier molecular flexibility index (Phi) is 4.05. The van der Waals surface area contributed by atoms with Crippen LogP contribution in [-0.4, -0.2) is 29.2 Å². The normalized spacial score (nSPS) is 13.2. The van der Waals surface area contributed by atoms with Gasteiger partial charge in [0.05, 0.1) is 0 Å². The van der Waals surface area contributed by atoms with Gasteiger partial charge in [-0.05, 0) is 0 Å². The van der Waals surface area contributed by atoms with Crippen LogP contribution in [0.3, 0.4) is 0 Å². The molecule has 1 aromatic rings. The monoisotopic (exact) mass is 254 g/mol. The minimum atomic E-state index is -4.59. The Morgan fingerprint density at radius 2 is 2.25 bits per heavy atom. The molecule has 1 aromatic heterocycles. The molecular weight excluding hydrogens is 249 g/mol. The molecule has 0 bridgehead atoms. The van der Waals surface area contributed by atoms with Gasteiger partial charge in [0.2, 0.25) is 0 Å². The van der Waals surface area contributed by atoms with Gasteiger partial charge >= 0.3 is 6.18 Å². The summed E-state index contributed by atoms with van der Waals surface area (Å²) in [6, 6.07) is 0. The molecule has 4 nitrogen and oxygen atoms in total. The molecule has 0 aliphatic carbocycles. The summed E-state index contributed by atoms with van der Waals surface area (Å²) in [6.07, 6.45) is -2.61. The Labute approximate surface area is 93.4 Å². The van der Waals surface area contributed by atoms with Crippen LogP contribution in [0.15, 0.2) is 12.5 Å². The number of nitrogens with zero attached hydrogens (tertiary/aromatic N) is 2. The predicted molar refractivity (Wildman–Crippen MR) is 47.9 cm³/mol. The van der Waals surface area contributed by atoms with Gasteiger partial charge in [0.25, 0.3) is 6.47 Å². The predicted octanol–water partition coefficient (Wildman–Crippen LogP) is 1.95. The number of carbonyl (C=O) groups excluding carboxylic acids is 1. The number of rotatable bonds is 4. The molecule has 0 aliphatic heterocycles. The molecule has 0 aromatic carbocycles. The third-order valence-electron chi connectivity index (χ3n) is 1.79. The van der Waals surface area contributed by atoms with Crippen LogP contribution in [0.25, 0.3) is 0 Å². The Morgan fingerprint density at radius 3 is 2.75 bits per heavy atom. The molecule has 0 amide bonds. The van der Waals surface area contributed by atoms with E-state index in [0.29, 0.717) is 0 Å². The topological polar surface area (TPSA) is 52.1 Å². The molecule has 0 radical (unpaired) electrons. The minimum absolute atomic E-state index is 0.0591. The van der Waals surface area contributed by atoms with Gasteiger partial charge in [-0.1, -0.05) is 11.6 Å². The fourth-order valence-corrected chi connectivity index (χ4v) is 1.28. The van der Waals surface area contributed by atoms with Crippen LogP contribution in [0.4, 0.5) is 13.2 Å². The van der Waals surface area contributed by atoms with Crippen LogP contribution in [-0.2, 0) is 9.53 Å². The van der Waals surface area contributed by atoms with Gasteiger partial charge in [-0.3, -0.25) is 4.79 Å². The highest BCUT2D eigenvalue weighted by Gasteiger charge is 2.42. The maximum atomic E-state index is 12.6. The number of halogens is 4. The van der Waals surface area contributed by atoms with Crippen LogP contribution < -0.4 is 0 Å². The SMILES string of the molecule is O=COCC(c1cncnc1Cl)C(F)(F)F. The molecule has 8 heteroatoms. The van der Waals surface area contributed by atoms with E-state index >= 15 is 0 Å². The number of aromatic nitrogens is 2. The second-order valence-corrected chi connectivity index (χ2v) is 3.15. The van der Waals surface area contributed by atoms with E-state index < -0.39 is 18.7 Å². The highest BCUT2D eigenvalue weighted by molar-refractivity contribution is 6.30. The highest BCUT2D eigenvalue weighted by atomic mass is 35.5. The average Bonchev–Trinajstić information content (AvgIpc) is 2.19. The van der Waals surface area contributed by atoms with Crippen molar-refractivity contribution < 1.29 is 22.7 Å². The molecule has 1 atom stereocenters. The minimum Gasteiger partial charge on any atom is -0.467 e. The first-order valence-corrected chi connectivity index (χ1v) is 4.42. The van der Waals surface area contributed by atoms with Gasteiger partial charge in [0.1, 0.15) is 24.0 Å². The van der Waals surface area contributed by atoms with E-state index in [4.69, 9.17) is 11.6 Å². The first-order chi connectivity index (χ1) is 7.46. The molecule has 1 rings (SSSR count). The van der Waals surface area contributed by atoms with Gasteiger partial charge in [-0.25, -0.2) is 9.97 Å². The van der Waals surface area contributed by atoms with Crippen molar-refractivity contribution in [3.05, 3.63) is 23.2 Å². The second kappa shape index (κ2) is 5.11. The third-order valence-corrected chi connectivity index (χ3v) is 2.11. The molecule has 88 valence electrons. The fourth-order valence-electron chi connectivity index (χ4n) is 1.06. The van der Waals surface area contributed by atoms with Gasteiger partial charge in [0.15, 0.2) is 0 Å². The number of hydrogen-bond acceptors (Lipinski definition) is 4. The van der Waals surface area contributed by atoms with Crippen molar-refractivity contribution in [1.82, 2.24) is 9.97 Å². The number of carbonyl (C=O) groups is 1. The maximum Gasteiger partial charge on any atom is 0.399 e. The zero-order valence-corrected chi connectivity index (χ0v) is 8.50. The van der Waals surface area contributed by atoms with Gasteiger partial charge in [-0.2, -0.15) is 13.2 Å². The highest BCUT2D eigenvalue weighted by Crippen LogP contribution is 2.36. The first kappa shape index (κ1) is 12.7. The lowest BCUT2D eigenvalue weighted by atomic mass is 10.0. The van der Waals surface area contributed by atoms with Crippen molar-refractivity contribution in [1.29, 1.82) is 0 Å². The summed E-state index contributed by atoms with van der Waals surface area (Å²) < 4.78 is 41.9. The van der Waals surface area contributed by atoms with Crippen LogP contribution in [0.1, 0.15) is 11.5 Å². The number of ether oxygens (including phenoxy) is 1. The lowest BCUT2D eigenvalue weighted by Gasteiger charge is -2.19. The zero-order valence-electron chi connectivity index (χ0n) is 7.74. The Balaban J connectivity index is 3.01. The van der Waals surface area contributed by atoms with E-state index in [1.165, 1.54) is 0 Å². The summed E-state index contributed by atoms with van der Waals surface area (Å²) >= 11 is 5.51. The smallest absolute Gasteiger partial charge is 0.399 e. The van der Waals surface area contributed by atoms with Crippen LogP contribution in [0.2, 0.25) is 5.15 Å². The van der Waals surface area contributed by atoms with E-state index in [9.17, 15) is 18.0 Å². The van der Waals surface area contributed by atoms with Gasteiger partial charge in [-0.15, -0.1) is 0 Å². The van der Waals surface area contributed by atoms with E-state index in [1.54, 1.807) is 0 Å². The molecule has 0 spiro atoms. The van der Waals surface area contributed by atoms with E-state index in [-0.39, 0.29) is 17.2 Å². The molecule has 0 saturated carbocycles. The number of alkyl halides is 3. The van der Waals surface area contributed by atoms with Crippen molar-refractivity contribution in [2.24, 2.45) is 0 Å². The Morgan fingerprint density at radius 1 is 1.56 bits per heavy atom. The third kappa shape index (κ3) is 3.06. The van der Waals surface area contributed by atoms with Crippen molar-refractivity contribution in [3.63, 3.8) is 0 Å². The molecule has 0 fully saturated rings. The van der Waals surface area contributed by atoms with E-state index in [2.05, 4.69) is 14.7 Å². The van der Waals surface area contributed by atoms with E-state index in [0.717, 1.165) is 12.5 Å². The molecule has 16 heavy (non-hydrogen) atoms. The van der Waals surface area contributed by atoms with Crippen molar-refractivity contribution in [2.75, 3.05) is 6.61 Å². The summed E-state index contributed by atoms with van der Waals surface area (Å²) in [4.78, 5) is 16.8. The van der Waals surface area contributed by atoms with Crippen molar-refractivity contribution in [2.45, 2.75) is 12.1 Å². The van der Waals surface area contributed by atoms with Crippen LogP contribution in [0, 0.1) is 0 Å². The van der Waals surface area contributed by atoms with Crippen LogP contribution in [0.5, 0.6) is 0 Å². The summed E-state index contributed by atoms with van der Waals surface area (Å²) in [5.74, 6) is -2.02. The standard InChI is InChI=1S/C8H6ClF3N2O2/c9-7-5(1-13-3-14-7)6(2-16-4-15)8(10,11)12/h1,3-4,6H,2H2. The summed E-state index contributed by atoms with van der Waals surface area (Å²) in [5.41, 5.74) is -0.321. The summed E-state index contributed by atoms with van der Waals surface area (Å²) in [5, 5.41) is -0.313. The summed E-state index contributed by atoms with van der Waals surface area (Å²) in [7, 11) is 0. The average molecular weight is 255 g/mol. The molecular formula is C8H6ClF3N2O2. The van der Waals surface area contributed by atoms with Crippen LogP contribution >= 0.6 is 11.6 Å². The molecule has 1 unspecified atom stereocenters. The quantitative estimate of drug-likeness (QED) is 0.609. The zero-order chi connectivity index (χ0) is 12.2. The van der Waals surface area contributed by atoms with Crippen molar-refractivity contribution >= 4 is 18.1 Å². The Hall–Kier alpha value is -1.37. The van der Waals surface area contributed by atoms with E-state index in [1.807, 2.05) is 0 Å². The van der Waals surface area contributed by atoms with Gasteiger partial charge in [0, 0.05) is 11.8 Å². The Bertz CT molecular complexity index is 373. The lowest BCUT2D eigenvalue weighted by molar-refractivity contribution is -0.164. The molecule has 1 heterocycles. The molecule has 0 N–H and O–H groups in total. The second-order valence-electron chi connectivity index (χ2n) is 2.79. The fraction of sp³-hybridized carbons (Fsp3) is 0.375. The largest absolute Gasteiger partial charge is 0.467 e. The number of hydrogen-bond donors (Lipinski definition) is 0. The molecule has 0 aliphatic rings. The van der Waals surface area contributed by atoms with Gasteiger partial charge < -0.3 is 4.74 Å². The molecule has 0 saturated heterocycles. The van der Waals surface area contributed by atoms with Crippen molar-refractivity contribution in [3.8, 4) is 0 Å². The lowest BCUT2D eigenvalue weighted by Crippen LogP contribution is -2.26. The maximum absolute atomic E-state index is 12.6. The first-order valence-electron chi connectivity index (χ1n) is 4.04. The summed E-state index contributed by atoms with van der Waals surface area (Å²) in [6.45, 7) is -0.906.